The Morgan fingerprint density at radius 1 is 1.17 bits per heavy atom. The lowest BCUT2D eigenvalue weighted by atomic mass is 10.5. The van der Waals surface area contributed by atoms with Crippen molar-refractivity contribution in [2.75, 3.05) is 5.75 Å². The first-order valence-electron chi connectivity index (χ1n) is 3.05. The maximum absolute atomic E-state index is 8.60. The van der Waals surface area contributed by atoms with Crippen molar-refractivity contribution in [1.29, 1.82) is 15.8 Å². The molecule has 1 aliphatic heterocycles. The van der Waals surface area contributed by atoms with Crippen molar-refractivity contribution in [3.05, 3.63) is 9.81 Å². The van der Waals surface area contributed by atoms with E-state index in [1.54, 1.807) is 0 Å². The average Bonchev–Trinajstić information content (AvgIpc) is 2.16. The zero-order valence-electron chi connectivity index (χ0n) is 5.94. The minimum Gasteiger partial charge on any atom is -0.197 e. The van der Waals surface area contributed by atoms with E-state index >= 15 is 0 Å². The van der Waals surface area contributed by atoms with Gasteiger partial charge in [0.2, 0.25) is 0 Å². The van der Waals surface area contributed by atoms with Gasteiger partial charge in [-0.25, -0.2) is 0 Å². The van der Waals surface area contributed by atoms with Gasteiger partial charge >= 0.3 is 0 Å². The molecule has 1 rings (SSSR count). The fourth-order valence-corrected chi connectivity index (χ4v) is 2.65. The quantitative estimate of drug-likeness (QED) is 0.584. The molecule has 0 aromatic rings. The molecule has 0 amide bonds. The molecule has 0 aromatic heterocycles. The average molecular weight is 193 g/mol. The maximum Gasteiger partial charge on any atom is 0.110 e. The highest BCUT2D eigenvalue weighted by Gasteiger charge is 2.21. The summed E-state index contributed by atoms with van der Waals surface area (Å²) >= 11 is 2.46. The van der Waals surface area contributed by atoms with E-state index in [0.29, 0.717) is 15.6 Å². The molecular weight excluding hydrogens is 190 g/mol. The third kappa shape index (κ3) is 1.74. The van der Waals surface area contributed by atoms with E-state index in [4.69, 9.17) is 15.8 Å². The molecule has 0 N–H and O–H groups in total. The van der Waals surface area contributed by atoms with Gasteiger partial charge in [-0.1, -0.05) is 11.8 Å². The lowest BCUT2D eigenvalue weighted by molar-refractivity contribution is 1.26. The van der Waals surface area contributed by atoms with E-state index in [1.165, 1.54) is 23.5 Å². The molecule has 12 heavy (non-hydrogen) atoms. The fourth-order valence-electron chi connectivity index (χ4n) is 0.678. The van der Waals surface area contributed by atoms with Crippen molar-refractivity contribution in [3.63, 3.8) is 0 Å². The van der Waals surface area contributed by atoms with E-state index < -0.39 is 0 Å². The summed E-state index contributed by atoms with van der Waals surface area (Å²) in [5.41, 5.74) is 0. The van der Waals surface area contributed by atoms with Crippen LogP contribution in [-0.4, -0.2) is 11.0 Å². The SMILES string of the molecule is N#CC1=C(C#N)SC(C#N)CS1. The first-order chi connectivity index (χ1) is 5.81. The summed E-state index contributed by atoms with van der Waals surface area (Å²) in [6.45, 7) is 0. The molecule has 0 fully saturated rings. The molecule has 0 aromatic carbocycles. The molecule has 3 nitrogen and oxygen atoms in total. The highest BCUT2D eigenvalue weighted by atomic mass is 32.2. The Bertz CT molecular complexity index is 339. The third-order valence-electron chi connectivity index (χ3n) is 1.19. The normalized spacial score (nSPS) is 22.2. The molecule has 0 saturated carbocycles. The van der Waals surface area contributed by atoms with Crippen LogP contribution >= 0.6 is 23.5 Å². The van der Waals surface area contributed by atoms with E-state index in [-0.39, 0.29) is 5.25 Å². The molecular formula is C7H3N3S2. The molecule has 0 bridgehead atoms. The Balaban J connectivity index is 2.89. The zero-order chi connectivity index (χ0) is 8.97. The number of hydrogen-bond donors (Lipinski definition) is 0. The molecule has 1 atom stereocenters. The summed E-state index contributed by atoms with van der Waals surface area (Å²) < 4.78 is 0. The van der Waals surface area contributed by atoms with Crippen LogP contribution in [0.2, 0.25) is 0 Å². The monoisotopic (exact) mass is 193 g/mol. The number of nitrogens with zero attached hydrogens (tertiary/aromatic N) is 3. The minimum atomic E-state index is -0.193. The molecule has 5 heteroatoms. The van der Waals surface area contributed by atoms with Gasteiger partial charge in [-0.05, 0) is 0 Å². The molecule has 58 valence electrons. The second-order valence-corrected chi connectivity index (χ2v) is 4.17. The number of allylic oxidation sites excluding steroid dienone is 2. The van der Waals surface area contributed by atoms with Gasteiger partial charge in [-0.2, -0.15) is 15.8 Å². The minimum absolute atomic E-state index is 0.193. The summed E-state index contributed by atoms with van der Waals surface area (Å²) in [7, 11) is 0. The predicted molar refractivity (Wildman–Crippen MR) is 47.7 cm³/mol. The highest BCUT2D eigenvalue weighted by Crippen LogP contribution is 2.37. The molecule has 1 unspecified atom stereocenters. The zero-order valence-corrected chi connectivity index (χ0v) is 7.58. The van der Waals surface area contributed by atoms with Crippen LogP contribution in [0, 0.1) is 34.0 Å². The molecule has 0 aliphatic carbocycles. The van der Waals surface area contributed by atoms with Crippen LogP contribution in [-0.2, 0) is 0 Å². The molecule has 1 aliphatic rings. The van der Waals surface area contributed by atoms with Crippen LogP contribution in [0.25, 0.3) is 0 Å². The fraction of sp³-hybridized carbons (Fsp3) is 0.286. The standard InChI is InChI=1S/C7H3N3S2/c8-1-5-4-11-6(2-9)7(3-10)12-5/h5H,4H2. The number of rotatable bonds is 0. The second kappa shape index (κ2) is 4.07. The van der Waals surface area contributed by atoms with Crippen LogP contribution < -0.4 is 0 Å². The second-order valence-electron chi connectivity index (χ2n) is 1.93. The van der Waals surface area contributed by atoms with Crippen LogP contribution in [0.5, 0.6) is 0 Å². The van der Waals surface area contributed by atoms with Gasteiger partial charge in [0.25, 0.3) is 0 Å². The van der Waals surface area contributed by atoms with Crippen LogP contribution in [0.4, 0.5) is 0 Å². The lowest BCUT2D eigenvalue weighted by Crippen LogP contribution is -2.07. The van der Waals surface area contributed by atoms with Gasteiger partial charge in [0.05, 0.1) is 6.07 Å². The van der Waals surface area contributed by atoms with Crippen molar-refractivity contribution in [2.24, 2.45) is 0 Å². The van der Waals surface area contributed by atoms with Crippen LogP contribution in [0.15, 0.2) is 9.81 Å². The third-order valence-corrected chi connectivity index (χ3v) is 3.70. The van der Waals surface area contributed by atoms with Gasteiger partial charge in [0.1, 0.15) is 27.2 Å². The predicted octanol–water partition coefficient (Wildman–Crippen LogP) is 1.62. The number of thioether (sulfide) groups is 2. The lowest BCUT2D eigenvalue weighted by Gasteiger charge is -2.13. The van der Waals surface area contributed by atoms with E-state index in [9.17, 15) is 0 Å². The van der Waals surface area contributed by atoms with Crippen LogP contribution in [0.1, 0.15) is 0 Å². The Labute approximate surface area is 78.7 Å². The highest BCUT2D eigenvalue weighted by molar-refractivity contribution is 8.10. The smallest absolute Gasteiger partial charge is 0.110 e. The Kier molecular flexibility index (Phi) is 3.05. The summed E-state index contributed by atoms with van der Waals surface area (Å²) in [5, 5.41) is 25.6. The van der Waals surface area contributed by atoms with Crippen LogP contribution in [0.3, 0.4) is 0 Å². The first kappa shape index (κ1) is 9.00. The van der Waals surface area contributed by atoms with Gasteiger partial charge in [-0.15, -0.1) is 11.8 Å². The summed E-state index contributed by atoms with van der Waals surface area (Å²) in [6.07, 6.45) is 0. The summed E-state index contributed by atoms with van der Waals surface area (Å²) in [5.74, 6) is 0.592. The summed E-state index contributed by atoms with van der Waals surface area (Å²) in [4.78, 5) is 0.814. The molecule has 0 saturated heterocycles. The molecule has 0 spiro atoms. The number of nitriles is 3. The largest absolute Gasteiger partial charge is 0.197 e. The van der Waals surface area contributed by atoms with Crippen molar-refractivity contribution >= 4 is 23.5 Å². The molecule has 1 heterocycles. The van der Waals surface area contributed by atoms with Crippen molar-refractivity contribution in [1.82, 2.24) is 0 Å². The Hall–Kier alpha value is -1.09. The van der Waals surface area contributed by atoms with Gasteiger partial charge in [-0.3, -0.25) is 0 Å². The van der Waals surface area contributed by atoms with Gasteiger partial charge in [0.15, 0.2) is 0 Å². The Morgan fingerprint density at radius 3 is 2.33 bits per heavy atom. The Morgan fingerprint density at radius 2 is 1.83 bits per heavy atom. The van der Waals surface area contributed by atoms with E-state index in [0.717, 1.165) is 0 Å². The maximum atomic E-state index is 8.60. The molecule has 0 radical (unpaired) electrons. The van der Waals surface area contributed by atoms with Crippen molar-refractivity contribution in [3.8, 4) is 18.2 Å². The van der Waals surface area contributed by atoms with E-state index in [1.807, 2.05) is 12.1 Å². The van der Waals surface area contributed by atoms with Crippen molar-refractivity contribution in [2.45, 2.75) is 5.25 Å². The summed E-state index contributed by atoms with van der Waals surface area (Å²) in [6, 6.07) is 5.92. The first-order valence-corrected chi connectivity index (χ1v) is 4.92. The van der Waals surface area contributed by atoms with E-state index in [2.05, 4.69) is 6.07 Å². The van der Waals surface area contributed by atoms with Gasteiger partial charge in [0, 0.05) is 5.75 Å². The topological polar surface area (TPSA) is 71.4 Å². The number of hydrogen-bond acceptors (Lipinski definition) is 5. The van der Waals surface area contributed by atoms with Gasteiger partial charge < -0.3 is 0 Å². The van der Waals surface area contributed by atoms with Crippen molar-refractivity contribution < 1.29 is 0 Å².